The van der Waals surface area contributed by atoms with Gasteiger partial charge in [0, 0.05) is 46.5 Å². The van der Waals surface area contributed by atoms with Crippen molar-refractivity contribution in [1.82, 2.24) is 10.2 Å². The molecule has 1 amide bonds. The van der Waals surface area contributed by atoms with Gasteiger partial charge in [0.2, 0.25) is 5.91 Å². The van der Waals surface area contributed by atoms with Gasteiger partial charge in [-0.05, 0) is 55.5 Å². The third-order valence-corrected chi connectivity index (χ3v) is 7.47. The molecular weight excluding hydrogens is 429 g/mol. The molecule has 4 nitrogen and oxygen atoms in total. The SMILES string of the molecule is CC(C)C(C)N(CNC1CCC1)C1(Cc2cccc(Cl)c2)C(=O)Nc2cc(Cl)ccc21. The summed E-state index contributed by atoms with van der Waals surface area (Å²) in [6.07, 6.45) is 4.21. The number of benzene rings is 2. The van der Waals surface area contributed by atoms with Crippen LogP contribution in [0.5, 0.6) is 0 Å². The van der Waals surface area contributed by atoms with Crippen molar-refractivity contribution >= 4 is 34.8 Å². The molecule has 0 saturated heterocycles. The zero-order valence-corrected chi connectivity index (χ0v) is 19.9. The molecule has 0 aromatic heterocycles. The van der Waals surface area contributed by atoms with Crippen molar-refractivity contribution in [2.75, 3.05) is 12.0 Å². The van der Waals surface area contributed by atoms with Crippen LogP contribution in [0, 0.1) is 5.92 Å². The van der Waals surface area contributed by atoms with E-state index < -0.39 is 5.54 Å². The normalized spacial score (nSPS) is 21.8. The van der Waals surface area contributed by atoms with Crippen LogP contribution in [0.25, 0.3) is 0 Å². The fourth-order valence-electron chi connectivity index (χ4n) is 4.66. The molecule has 2 unspecified atom stereocenters. The minimum atomic E-state index is -0.842. The molecule has 0 spiro atoms. The Kier molecular flexibility index (Phi) is 6.64. The third kappa shape index (κ3) is 4.36. The summed E-state index contributed by atoms with van der Waals surface area (Å²) in [7, 11) is 0. The first-order valence-electron chi connectivity index (χ1n) is 11.2. The van der Waals surface area contributed by atoms with Crippen molar-refractivity contribution in [3.8, 4) is 0 Å². The Morgan fingerprint density at radius 2 is 1.87 bits per heavy atom. The first kappa shape index (κ1) is 22.6. The largest absolute Gasteiger partial charge is 0.324 e. The van der Waals surface area contributed by atoms with E-state index in [1.807, 2.05) is 42.5 Å². The quantitative estimate of drug-likeness (QED) is 0.488. The lowest BCUT2D eigenvalue weighted by atomic mass is 9.81. The van der Waals surface area contributed by atoms with E-state index >= 15 is 0 Å². The number of nitrogens with one attached hydrogen (secondary N) is 2. The number of rotatable bonds is 8. The first-order chi connectivity index (χ1) is 14.8. The minimum absolute atomic E-state index is 0.00680. The summed E-state index contributed by atoms with van der Waals surface area (Å²) in [5, 5.41) is 8.14. The van der Waals surface area contributed by atoms with Gasteiger partial charge in [0.15, 0.2) is 0 Å². The Morgan fingerprint density at radius 1 is 1.13 bits per heavy atom. The number of nitrogens with zero attached hydrogens (tertiary/aromatic N) is 1. The van der Waals surface area contributed by atoms with Crippen LogP contribution in [-0.4, -0.2) is 29.6 Å². The van der Waals surface area contributed by atoms with Crippen molar-refractivity contribution in [2.45, 2.75) is 64.1 Å². The van der Waals surface area contributed by atoms with Gasteiger partial charge in [-0.3, -0.25) is 9.69 Å². The van der Waals surface area contributed by atoms with E-state index in [0.717, 1.165) is 16.8 Å². The molecule has 0 radical (unpaired) electrons. The summed E-state index contributed by atoms with van der Waals surface area (Å²) in [5.74, 6) is 0.372. The molecule has 0 bridgehead atoms. The maximum Gasteiger partial charge on any atom is 0.250 e. The fraction of sp³-hybridized carbons (Fsp3) is 0.480. The molecule has 1 aliphatic heterocycles. The Balaban J connectivity index is 1.82. The second-order valence-corrected chi connectivity index (χ2v) is 10.1. The number of amides is 1. The van der Waals surface area contributed by atoms with Crippen LogP contribution in [-0.2, 0) is 16.8 Å². The average molecular weight is 460 g/mol. The number of halogens is 2. The molecule has 31 heavy (non-hydrogen) atoms. The van der Waals surface area contributed by atoms with Gasteiger partial charge >= 0.3 is 0 Å². The highest BCUT2D eigenvalue weighted by Crippen LogP contribution is 2.45. The molecule has 2 aromatic carbocycles. The second-order valence-electron chi connectivity index (χ2n) is 9.26. The van der Waals surface area contributed by atoms with Crippen molar-refractivity contribution in [1.29, 1.82) is 0 Å². The van der Waals surface area contributed by atoms with Crippen LogP contribution in [0.2, 0.25) is 10.0 Å². The number of carbonyl (C=O) groups is 1. The molecule has 1 fully saturated rings. The Bertz CT molecular complexity index is 960. The van der Waals surface area contributed by atoms with Crippen molar-refractivity contribution < 1.29 is 4.79 Å². The van der Waals surface area contributed by atoms with Gasteiger partial charge in [-0.1, -0.05) is 61.7 Å². The summed E-state index contributed by atoms with van der Waals surface area (Å²) in [6, 6.07) is 14.3. The predicted octanol–water partition coefficient (Wildman–Crippen LogP) is 5.83. The molecule has 4 rings (SSSR count). The number of hydrogen-bond donors (Lipinski definition) is 2. The highest BCUT2D eigenvalue weighted by atomic mass is 35.5. The molecule has 1 aliphatic carbocycles. The van der Waals surface area contributed by atoms with Gasteiger partial charge in [-0.2, -0.15) is 0 Å². The zero-order valence-electron chi connectivity index (χ0n) is 18.4. The first-order valence-corrected chi connectivity index (χ1v) is 11.9. The van der Waals surface area contributed by atoms with Gasteiger partial charge < -0.3 is 10.6 Å². The van der Waals surface area contributed by atoms with E-state index in [9.17, 15) is 4.79 Å². The molecule has 6 heteroatoms. The lowest BCUT2D eigenvalue weighted by Gasteiger charge is -2.46. The van der Waals surface area contributed by atoms with Gasteiger partial charge in [0.25, 0.3) is 0 Å². The monoisotopic (exact) mass is 459 g/mol. The smallest absolute Gasteiger partial charge is 0.250 e. The molecule has 1 saturated carbocycles. The lowest BCUT2D eigenvalue weighted by molar-refractivity contribution is -0.131. The van der Waals surface area contributed by atoms with E-state index in [1.54, 1.807) is 0 Å². The summed E-state index contributed by atoms with van der Waals surface area (Å²) in [6.45, 7) is 7.29. The Labute approximate surface area is 195 Å². The highest BCUT2D eigenvalue weighted by Gasteiger charge is 2.53. The number of carbonyl (C=O) groups excluding carboxylic acids is 1. The minimum Gasteiger partial charge on any atom is -0.324 e. The topological polar surface area (TPSA) is 44.4 Å². The molecule has 2 N–H and O–H groups in total. The van der Waals surface area contributed by atoms with Crippen LogP contribution in [0.4, 0.5) is 5.69 Å². The molecular formula is C25H31Cl2N3O. The van der Waals surface area contributed by atoms with E-state index in [0.29, 0.717) is 35.1 Å². The van der Waals surface area contributed by atoms with Crippen molar-refractivity contribution in [3.05, 3.63) is 63.6 Å². The van der Waals surface area contributed by atoms with Crippen LogP contribution in [0.3, 0.4) is 0 Å². The Hall–Kier alpha value is -1.59. The van der Waals surface area contributed by atoms with Gasteiger partial charge in [0.1, 0.15) is 5.54 Å². The zero-order chi connectivity index (χ0) is 22.2. The number of hydrogen-bond acceptors (Lipinski definition) is 3. The summed E-state index contributed by atoms with van der Waals surface area (Å²) >= 11 is 12.6. The average Bonchev–Trinajstić information content (AvgIpc) is 2.94. The summed E-state index contributed by atoms with van der Waals surface area (Å²) in [5.41, 5.74) is 1.97. The highest BCUT2D eigenvalue weighted by molar-refractivity contribution is 6.31. The van der Waals surface area contributed by atoms with Gasteiger partial charge in [0.05, 0.1) is 0 Å². The Morgan fingerprint density at radius 3 is 2.52 bits per heavy atom. The molecule has 166 valence electrons. The van der Waals surface area contributed by atoms with E-state index in [1.165, 1.54) is 19.3 Å². The van der Waals surface area contributed by atoms with E-state index in [2.05, 4.69) is 36.3 Å². The maximum absolute atomic E-state index is 13.8. The summed E-state index contributed by atoms with van der Waals surface area (Å²) in [4.78, 5) is 16.1. The second kappa shape index (κ2) is 9.11. The lowest BCUT2D eigenvalue weighted by Crippen LogP contribution is -2.60. The van der Waals surface area contributed by atoms with Crippen molar-refractivity contribution in [2.24, 2.45) is 5.92 Å². The van der Waals surface area contributed by atoms with Crippen molar-refractivity contribution in [3.63, 3.8) is 0 Å². The van der Waals surface area contributed by atoms with E-state index in [4.69, 9.17) is 23.2 Å². The summed E-state index contributed by atoms with van der Waals surface area (Å²) < 4.78 is 0. The third-order valence-electron chi connectivity index (χ3n) is 7.00. The molecule has 1 heterocycles. The molecule has 2 aliphatic rings. The molecule has 2 atom stereocenters. The van der Waals surface area contributed by atoms with Crippen LogP contribution >= 0.6 is 23.2 Å². The predicted molar refractivity (Wildman–Crippen MR) is 129 cm³/mol. The van der Waals surface area contributed by atoms with Gasteiger partial charge in [-0.15, -0.1) is 0 Å². The maximum atomic E-state index is 13.8. The van der Waals surface area contributed by atoms with E-state index in [-0.39, 0.29) is 11.9 Å². The number of anilines is 1. The standard InChI is InChI=1S/C25H31Cl2N3O/c1-16(2)17(3)30(15-28-21-8-5-9-21)25(14-18-6-4-7-19(26)12-18)22-11-10-20(27)13-23(22)29-24(25)31/h4,6-7,10-13,16-17,21,28H,5,8-9,14-15H2,1-3H3,(H,29,31). The molecule has 2 aromatic rings. The van der Waals surface area contributed by atoms with Crippen LogP contribution in [0.1, 0.15) is 51.2 Å². The van der Waals surface area contributed by atoms with Gasteiger partial charge in [-0.25, -0.2) is 0 Å². The fourth-order valence-corrected chi connectivity index (χ4v) is 5.04. The van der Waals surface area contributed by atoms with Crippen LogP contribution < -0.4 is 10.6 Å². The number of fused-ring (bicyclic) bond motifs is 1. The van der Waals surface area contributed by atoms with Crippen LogP contribution in [0.15, 0.2) is 42.5 Å².